The van der Waals surface area contributed by atoms with Crippen LogP contribution in [0, 0.1) is 5.41 Å². The van der Waals surface area contributed by atoms with Crippen molar-refractivity contribution in [1.29, 1.82) is 0 Å². The smallest absolute Gasteiger partial charge is 0.406 e. The number of hydrogen-bond acceptors (Lipinski definition) is 4. The summed E-state index contributed by atoms with van der Waals surface area (Å²) in [5, 5.41) is 11.0. The maximum absolute atomic E-state index is 12.9. The van der Waals surface area contributed by atoms with Crippen LogP contribution < -0.4 is 5.32 Å². The molecule has 21 heavy (non-hydrogen) atoms. The SMILES string of the molecule is CS(=O)(=O)CCNC(=O)N1CCC(C(=O)O)(C(F)(F)F)C1. The molecule has 0 bridgehead atoms. The largest absolute Gasteiger partial charge is 0.481 e. The second-order valence-electron chi connectivity index (χ2n) is 4.92. The van der Waals surface area contributed by atoms with Crippen LogP contribution in [0.15, 0.2) is 0 Å². The number of aliphatic carboxylic acids is 1. The fourth-order valence-corrected chi connectivity index (χ4v) is 2.44. The topological polar surface area (TPSA) is 104 Å². The molecule has 1 rings (SSSR count). The first-order valence-corrected chi connectivity index (χ1v) is 7.96. The van der Waals surface area contributed by atoms with Crippen LogP contribution in [0.2, 0.25) is 0 Å². The third-order valence-electron chi connectivity index (χ3n) is 3.26. The minimum atomic E-state index is -4.97. The van der Waals surface area contributed by atoms with E-state index in [9.17, 15) is 31.2 Å². The number of urea groups is 1. The number of likely N-dealkylation sites (tertiary alicyclic amines) is 1. The Labute approximate surface area is 119 Å². The van der Waals surface area contributed by atoms with Crippen LogP contribution in [0.5, 0.6) is 0 Å². The molecule has 0 aromatic heterocycles. The van der Waals surface area contributed by atoms with E-state index >= 15 is 0 Å². The van der Waals surface area contributed by atoms with Crippen molar-refractivity contribution in [2.45, 2.75) is 12.6 Å². The molecule has 1 saturated heterocycles. The van der Waals surface area contributed by atoms with Gasteiger partial charge in [0, 0.05) is 25.9 Å². The summed E-state index contributed by atoms with van der Waals surface area (Å²) in [7, 11) is -3.31. The average Bonchev–Trinajstić information content (AvgIpc) is 2.72. The normalized spacial score (nSPS) is 23.1. The number of hydrogen-bond donors (Lipinski definition) is 2. The van der Waals surface area contributed by atoms with Crippen molar-refractivity contribution >= 4 is 21.8 Å². The Morgan fingerprint density at radius 1 is 1.38 bits per heavy atom. The lowest BCUT2D eigenvalue weighted by Gasteiger charge is -2.27. The molecule has 1 aliphatic heterocycles. The van der Waals surface area contributed by atoms with Crippen molar-refractivity contribution in [3.63, 3.8) is 0 Å². The molecule has 0 aromatic carbocycles. The lowest BCUT2D eigenvalue weighted by Crippen LogP contribution is -2.49. The highest BCUT2D eigenvalue weighted by atomic mass is 32.2. The Morgan fingerprint density at radius 3 is 2.33 bits per heavy atom. The van der Waals surface area contributed by atoms with Gasteiger partial charge in [0.2, 0.25) is 0 Å². The Hall–Kier alpha value is -1.52. The molecule has 0 aromatic rings. The molecule has 122 valence electrons. The molecule has 1 fully saturated rings. The molecule has 0 saturated carbocycles. The Bertz CT molecular complexity index is 533. The quantitative estimate of drug-likeness (QED) is 0.759. The van der Waals surface area contributed by atoms with Gasteiger partial charge in [-0.25, -0.2) is 13.2 Å². The highest BCUT2D eigenvalue weighted by molar-refractivity contribution is 7.90. The molecular weight excluding hydrogens is 317 g/mol. The van der Waals surface area contributed by atoms with Crippen LogP contribution in [-0.2, 0) is 14.6 Å². The highest BCUT2D eigenvalue weighted by Gasteiger charge is 2.64. The van der Waals surface area contributed by atoms with Crippen LogP contribution in [0.3, 0.4) is 0 Å². The van der Waals surface area contributed by atoms with E-state index in [1.54, 1.807) is 0 Å². The summed E-state index contributed by atoms with van der Waals surface area (Å²) in [5.74, 6) is -2.38. The fraction of sp³-hybridized carbons (Fsp3) is 0.800. The number of carbonyl (C=O) groups excluding carboxylic acids is 1. The highest BCUT2D eigenvalue weighted by Crippen LogP contribution is 2.45. The first-order valence-electron chi connectivity index (χ1n) is 5.90. The summed E-state index contributed by atoms with van der Waals surface area (Å²) >= 11 is 0. The summed E-state index contributed by atoms with van der Waals surface area (Å²) in [6.45, 7) is -1.60. The summed E-state index contributed by atoms with van der Waals surface area (Å²) in [5.41, 5.74) is -2.97. The zero-order valence-corrected chi connectivity index (χ0v) is 11.9. The molecule has 11 heteroatoms. The number of rotatable bonds is 4. The van der Waals surface area contributed by atoms with Crippen LogP contribution in [0.25, 0.3) is 0 Å². The van der Waals surface area contributed by atoms with Crippen molar-refractivity contribution in [3.8, 4) is 0 Å². The van der Waals surface area contributed by atoms with E-state index in [-0.39, 0.29) is 18.8 Å². The van der Waals surface area contributed by atoms with Crippen molar-refractivity contribution in [3.05, 3.63) is 0 Å². The molecule has 1 atom stereocenters. The Kier molecular flexibility index (Phi) is 4.76. The number of carboxylic acids is 1. The van der Waals surface area contributed by atoms with Gasteiger partial charge in [0.15, 0.2) is 5.41 Å². The predicted octanol–water partition coefficient (Wildman–Crippen LogP) is 0.0796. The van der Waals surface area contributed by atoms with Gasteiger partial charge in [0.25, 0.3) is 0 Å². The Morgan fingerprint density at radius 2 is 1.95 bits per heavy atom. The molecule has 1 heterocycles. The molecule has 0 spiro atoms. The molecule has 2 N–H and O–H groups in total. The van der Waals surface area contributed by atoms with Gasteiger partial charge < -0.3 is 15.3 Å². The third kappa shape index (κ3) is 3.99. The lowest BCUT2D eigenvalue weighted by atomic mass is 9.86. The van der Waals surface area contributed by atoms with Crippen molar-refractivity contribution < 1.29 is 36.3 Å². The van der Waals surface area contributed by atoms with Gasteiger partial charge in [0.05, 0.1) is 5.75 Å². The van der Waals surface area contributed by atoms with Crippen LogP contribution in [-0.4, -0.2) is 68.2 Å². The predicted molar refractivity (Wildman–Crippen MR) is 65.4 cm³/mol. The zero-order chi connectivity index (χ0) is 16.5. The zero-order valence-electron chi connectivity index (χ0n) is 11.1. The summed E-state index contributed by atoms with van der Waals surface area (Å²) in [6, 6.07) is -0.911. The number of nitrogens with zero attached hydrogens (tertiary/aromatic N) is 1. The van der Waals surface area contributed by atoms with Crippen LogP contribution >= 0.6 is 0 Å². The molecular formula is C10H15F3N2O5S. The number of carbonyl (C=O) groups is 2. The van der Waals surface area contributed by atoms with Gasteiger partial charge in [0.1, 0.15) is 9.84 Å². The molecule has 0 aliphatic carbocycles. The third-order valence-corrected chi connectivity index (χ3v) is 4.20. The second kappa shape index (κ2) is 5.70. The maximum Gasteiger partial charge on any atom is 0.406 e. The first-order chi connectivity index (χ1) is 9.39. The monoisotopic (exact) mass is 332 g/mol. The number of halogens is 3. The Balaban J connectivity index is 2.68. The number of nitrogens with one attached hydrogen (secondary N) is 1. The summed E-state index contributed by atoms with van der Waals surface area (Å²) in [4.78, 5) is 23.3. The summed E-state index contributed by atoms with van der Waals surface area (Å²) in [6.07, 6.45) is -4.75. The molecule has 1 unspecified atom stereocenters. The average molecular weight is 332 g/mol. The van der Waals surface area contributed by atoms with Gasteiger partial charge >= 0.3 is 18.2 Å². The van der Waals surface area contributed by atoms with Crippen molar-refractivity contribution in [2.24, 2.45) is 5.41 Å². The molecule has 0 radical (unpaired) electrons. The van der Waals surface area contributed by atoms with Gasteiger partial charge in [-0.15, -0.1) is 0 Å². The van der Waals surface area contributed by atoms with Gasteiger partial charge in [-0.05, 0) is 6.42 Å². The van der Waals surface area contributed by atoms with E-state index in [0.717, 1.165) is 11.2 Å². The van der Waals surface area contributed by atoms with Gasteiger partial charge in [-0.2, -0.15) is 13.2 Å². The van der Waals surface area contributed by atoms with Crippen molar-refractivity contribution in [1.82, 2.24) is 10.2 Å². The number of amides is 2. The number of carboxylic acid groups (broad SMARTS) is 1. The van der Waals surface area contributed by atoms with E-state index in [2.05, 4.69) is 5.32 Å². The van der Waals surface area contributed by atoms with Crippen molar-refractivity contribution in [2.75, 3.05) is 31.6 Å². The van der Waals surface area contributed by atoms with E-state index in [4.69, 9.17) is 5.11 Å². The number of sulfone groups is 1. The maximum atomic E-state index is 12.9. The lowest BCUT2D eigenvalue weighted by molar-refractivity contribution is -0.226. The standard InChI is InChI=1S/C10H15F3N2O5S/c1-21(19,20)5-3-14-8(18)15-4-2-9(6-15,7(16)17)10(11,12)13/h2-6H2,1H3,(H,14,18)(H,16,17). The second-order valence-corrected chi connectivity index (χ2v) is 7.18. The molecule has 1 aliphatic rings. The van der Waals surface area contributed by atoms with E-state index in [1.165, 1.54) is 0 Å². The molecule has 2 amide bonds. The minimum Gasteiger partial charge on any atom is -0.481 e. The minimum absolute atomic E-state index is 0.250. The van der Waals surface area contributed by atoms with E-state index < -0.39 is 46.4 Å². The van der Waals surface area contributed by atoms with E-state index in [1.807, 2.05) is 0 Å². The summed E-state index contributed by atoms with van der Waals surface area (Å²) < 4.78 is 60.4. The number of alkyl halides is 3. The van der Waals surface area contributed by atoms with Gasteiger partial charge in [-0.1, -0.05) is 0 Å². The van der Waals surface area contributed by atoms with E-state index in [0.29, 0.717) is 0 Å². The van der Waals surface area contributed by atoms with Crippen LogP contribution in [0.1, 0.15) is 6.42 Å². The van der Waals surface area contributed by atoms with Crippen LogP contribution in [0.4, 0.5) is 18.0 Å². The molecule has 7 nitrogen and oxygen atoms in total. The first kappa shape index (κ1) is 17.5. The fourth-order valence-electron chi connectivity index (χ4n) is 1.97. The van der Waals surface area contributed by atoms with Gasteiger partial charge in [-0.3, -0.25) is 4.79 Å².